The summed E-state index contributed by atoms with van der Waals surface area (Å²) in [7, 11) is 0. The summed E-state index contributed by atoms with van der Waals surface area (Å²) in [6.45, 7) is 3.96. The van der Waals surface area contributed by atoms with Gasteiger partial charge in [0.15, 0.2) is 0 Å². The van der Waals surface area contributed by atoms with Crippen LogP contribution in [0.2, 0.25) is 0 Å². The van der Waals surface area contributed by atoms with Gasteiger partial charge >= 0.3 is 0 Å². The molecule has 1 aliphatic rings. The molecular formula is C14H20N4O. The Kier molecular flexibility index (Phi) is 4.10. The molecule has 1 amide bonds. The molecule has 0 atom stereocenters. The van der Waals surface area contributed by atoms with Crippen LogP contribution in [0.15, 0.2) is 6.07 Å². The largest absolute Gasteiger partial charge is 0.397 e. The van der Waals surface area contributed by atoms with Crippen LogP contribution in [0.5, 0.6) is 0 Å². The molecule has 0 bridgehead atoms. The topological polar surface area (TPSA) is 75.0 Å². The summed E-state index contributed by atoms with van der Waals surface area (Å²) in [5.74, 6) is 0.0851. The second-order valence-electron chi connectivity index (χ2n) is 4.97. The lowest BCUT2D eigenvalue weighted by atomic mass is 10.2. The molecule has 2 heterocycles. The zero-order valence-electron chi connectivity index (χ0n) is 11.4. The molecule has 19 heavy (non-hydrogen) atoms. The number of anilines is 1. The molecule has 1 aromatic rings. The number of amides is 1. The Morgan fingerprint density at radius 1 is 1.47 bits per heavy atom. The predicted octanol–water partition coefficient (Wildman–Crippen LogP) is 1.52. The summed E-state index contributed by atoms with van der Waals surface area (Å²) < 4.78 is 1.78. The summed E-state index contributed by atoms with van der Waals surface area (Å²) in [5.41, 5.74) is 7.94. The van der Waals surface area contributed by atoms with Crippen LogP contribution in [0.25, 0.3) is 0 Å². The third-order valence-electron chi connectivity index (χ3n) is 3.60. The molecule has 0 radical (unpaired) electrons. The summed E-state index contributed by atoms with van der Waals surface area (Å²) in [4.78, 5) is 14.1. The van der Waals surface area contributed by atoms with Crippen molar-refractivity contribution in [3.05, 3.63) is 17.5 Å². The highest BCUT2D eigenvalue weighted by Crippen LogP contribution is 2.20. The molecule has 0 unspecified atom stereocenters. The van der Waals surface area contributed by atoms with Crippen molar-refractivity contribution < 1.29 is 4.79 Å². The number of likely N-dealkylation sites (tertiary alicyclic amines) is 1. The Bertz CT molecular complexity index is 506. The first kappa shape index (κ1) is 13.5. The van der Waals surface area contributed by atoms with Crippen LogP contribution in [0.1, 0.15) is 37.6 Å². The molecule has 1 saturated heterocycles. The smallest absolute Gasteiger partial charge is 0.242 e. The van der Waals surface area contributed by atoms with Crippen molar-refractivity contribution in [1.82, 2.24) is 9.47 Å². The average Bonchev–Trinajstić information content (AvgIpc) is 3.01. The number of carbonyl (C=O) groups is 1. The minimum Gasteiger partial charge on any atom is -0.397 e. The molecule has 5 heteroatoms. The van der Waals surface area contributed by atoms with E-state index in [2.05, 4.69) is 13.0 Å². The van der Waals surface area contributed by atoms with Gasteiger partial charge in [0.1, 0.15) is 18.3 Å². The van der Waals surface area contributed by atoms with Crippen molar-refractivity contribution in [1.29, 1.82) is 5.26 Å². The van der Waals surface area contributed by atoms with E-state index in [0.717, 1.165) is 44.5 Å². The van der Waals surface area contributed by atoms with E-state index in [1.807, 2.05) is 4.90 Å². The lowest BCUT2D eigenvalue weighted by Crippen LogP contribution is -2.31. The third-order valence-corrected chi connectivity index (χ3v) is 3.60. The summed E-state index contributed by atoms with van der Waals surface area (Å²) in [5, 5.41) is 9.15. The van der Waals surface area contributed by atoms with E-state index >= 15 is 0 Å². The standard InChI is InChI=1S/C14H20N4O/c1-2-5-13-12(16)8-11(9-15)18(13)10-14(19)17-6-3-4-7-17/h8H,2-7,10,16H2,1H3. The Morgan fingerprint density at radius 3 is 2.74 bits per heavy atom. The van der Waals surface area contributed by atoms with E-state index in [1.54, 1.807) is 10.6 Å². The quantitative estimate of drug-likeness (QED) is 0.891. The number of nitrogens with zero attached hydrogens (tertiary/aromatic N) is 3. The van der Waals surface area contributed by atoms with Gasteiger partial charge in [-0.05, 0) is 25.3 Å². The molecule has 102 valence electrons. The maximum atomic E-state index is 12.2. The van der Waals surface area contributed by atoms with E-state index in [-0.39, 0.29) is 12.5 Å². The molecule has 1 aromatic heterocycles. The summed E-state index contributed by atoms with van der Waals surface area (Å²) in [6.07, 6.45) is 3.89. The number of nitrogens with two attached hydrogens (primary N) is 1. The lowest BCUT2D eigenvalue weighted by molar-refractivity contribution is -0.130. The maximum absolute atomic E-state index is 12.2. The number of nitrogen functional groups attached to an aromatic ring is 1. The van der Waals surface area contributed by atoms with Gasteiger partial charge in [-0.25, -0.2) is 0 Å². The van der Waals surface area contributed by atoms with Gasteiger partial charge in [0, 0.05) is 18.8 Å². The van der Waals surface area contributed by atoms with E-state index in [1.165, 1.54) is 0 Å². The fourth-order valence-electron chi connectivity index (χ4n) is 2.60. The molecular weight excluding hydrogens is 240 g/mol. The molecule has 0 aromatic carbocycles. The highest BCUT2D eigenvalue weighted by molar-refractivity contribution is 5.77. The minimum atomic E-state index is 0.0851. The molecule has 0 spiro atoms. The van der Waals surface area contributed by atoms with Gasteiger partial charge in [0.05, 0.1) is 5.69 Å². The normalized spacial score (nSPS) is 14.6. The van der Waals surface area contributed by atoms with Gasteiger partial charge in [-0.15, -0.1) is 0 Å². The fraction of sp³-hybridized carbons (Fsp3) is 0.571. The average molecular weight is 260 g/mol. The summed E-state index contributed by atoms with van der Waals surface area (Å²) in [6, 6.07) is 3.79. The predicted molar refractivity (Wildman–Crippen MR) is 73.4 cm³/mol. The van der Waals surface area contributed by atoms with Crippen LogP contribution >= 0.6 is 0 Å². The first-order chi connectivity index (χ1) is 9.17. The van der Waals surface area contributed by atoms with Crippen LogP contribution in [-0.2, 0) is 17.8 Å². The number of rotatable bonds is 4. The van der Waals surface area contributed by atoms with Crippen molar-refractivity contribution in [3.8, 4) is 6.07 Å². The number of hydrogen-bond donors (Lipinski definition) is 1. The van der Waals surface area contributed by atoms with E-state index in [9.17, 15) is 4.79 Å². The van der Waals surface area contributed by atoms with Crippen LogP contribution < -0.4 is 5.73 Å². The first-order valence-electron chi connectivity index (χ1n) is 6.83. The molecule has 5 nitrogen and oxygen atoms in total. The van der Waals surface area contributed by atoms with E-state index in [0.29, 0.717) is 11.4 Å². The second-order valence-corrected chi connectivity index (χ2v) is 4.97. The number of aromatic nitrogens is 1. The Morgan fingerprint density at radius 2 is 2.16 bits per heavy atom. The molecule has 1 fully saturated rings. The number of hydrogen-bond acceptors (Lipinski definition) is 3. The molecule has 0 saturated carbocycles. The van der Waals surface area contributed by atoms with Crippen molar-refractivity contribution in [3.63, 3.8) is 0 Å². The molecule has 0 aliphatic carbocycles. The number of nitriles is 1. The lowest BCUT2D eigenvalue weighted by Gasteiger charge is -2.17. The monoisotopic (exact) mass is 260 g/mol. The minimum absolute atomic E-state index is 0.0851. The van der Waals surface area contributed by atoms with Gasteiger partial charge in [0.25, 0.3) is 0 Å². The first-order valence-corrected chi connectivity index (χ1v) is 6.83. The van der Waals surface area contributed by atoms with E-state index < -0.39 is 0 Å². The van der Waals surface area contributed by atoms with Gasteiger partial charge in [-0.3, -0.25) is 4.79 Å². The summed E-state index contributed by atoms with van der Waals surface area (Å²) >= 11 is 0. The molecule has 2 N–H and O–H groups in total. The van der Waals surface area contributed by atoms with Crippen LogP contribution in [0.3, 0.4) is 0 Å². The highest BCUT2D eigenvalue weighted by atomic mass is 16.2. The van der Waals surface area contributed by atoms with Crippen LogP contribution in [0, 0.1) is 11.3 Å². The maximum Gasteiger partial charge on any atom is 0.242 e. The number of carbonyl (C=O) groups excluding carboxylic acids is 1. The van der Waals surface area contributed by atoms with E-state index in [4.69, 9.17) is 11.0 Å². The Labute approximate surface area is 113 Å². The van der Waals surface area contributed by atoms with Gasteiger partial charge in [0.2, 0.25) is 5.91 Å². The van der Waals surface area contributed by atoms with Crippen molar-refractivity contribution in [2.24, 2.45) is 0 Å². The van der Waals surface area contributed by atoms with Crippen LogP contribution in [0.4, 0.5) is 5.69 Å². The zero-order chi connectivity index (χ0) is 13.8. The van der Waals surface area contributed by atoms with Crippen LogP contribution in [-0.4, -0.2) is 28.5 Å². The third kappa shape index (κ3) is 2.73. The van der Waals surface area contributed by atoms with Crippen molar-refractivity contribution in [2.75, 3.05) is 18.8 Å². The Hall–Kier alpha value is -1.96. The molecule has 1 aliphatic heterocycles. The zero-order valence-corrected chi connectivity index (χ0v) is 11.4. The highest BCUT2D eigenvalue weighted by Gasteiger charge is 2.21. The van der Waals surface area contributed by atoms with Gasteiger partial charge in [-0.2, -0.15) is 5.26 Å². The van der Waals surface area contributed by atoms with Crippen molar-refractivity contribution in [2.45, 2.75) is 39.2 Å². The second kappa shape index (κ2) is 5.79. The van der Waals surface area contributed by atoms with Gasteiger partial charge in [-0.1, -0.05) is 13.3 Å². The van der Waals surface area contributed by atoms with Crippen molar-refractivity contribution >= 4 is 11.6 Å². The Balaban J connectivity index is 2.22. The molecule has 2 rings (SSSR count). The fourth-order valence-corrected chi connectivity index (χ4v) is 2.60. The van der Waals surface area contributed by atoms with Gasteiger partial charge < -0.3 is 15.2 Å². The SMILES string of the molecule is CCCc1c(N)cc(C#N)n1CC(=O)N1CCCC1.